The molecule has 0 aliphatic heterocycles. The number of ether oxygens (including phenoxy) is 1. The molecule has 5 aromatic rings. The van der Waals surface area contributed by atoms with Crippen molar-refractivity contribution in [2.75, 3.05) is 30.8 Å². The van der Waals surface area contributed by atoms with Gasteiger partial charge >= 0.3 is 6.18 Å². The van der Waals surface area contributed by atoms with Crippen LogP contribution in [0.4, 0.5) is 24.5 Å². The summed E-state index contributed by atoms with van der Waals surface area (Å²) in [5.74, 6) is -1.73. The summed E-state index contributed by atoms with van der Waals surface area (Å²) in [4.78, 5) is 55.1. The maximum absolute atomic E-state index is 13.7. The molecule has 5 rings (SSSR count). The molecule has 0 aromatic heterocycles. The van der Waals surface area contributed by atoms with Crippen LogP contribution in [-0.2, 0) is 22.3 Å². The highest BCUT2D eigenvalue weighted by molar-refractivity contribution is 6.15. The first-order valence-corrected chi connectivity index (χ1v) is 15.5. The molecule has 0 unspecified atom stereocenters. The molecule has 0 fully saturated rings. The van der Waals surface area contributed by atoms with E-state index in [1.165, 1.54) is 37.4 Å². The summed E-state index contributed by atoms with van der Waals surface area (Å²) in [6, 6.07) is 32.5. The maximum atomic E-state index is 13.7. The molecular weight excluding hydrogens is 647 g/mol. The minimum atomic E-state index is -4.76. The fourth-order valence-electron chi connectivity index (χ4n) is 5.35. The molecule has 0 saturated heterocycles. The Bertz CT molecular complexity index is 2000. The molecule has 254 valence electrons. The number of hydrogen-bond acceptors (Lipinski definition) is 6. The summed E-state index contributed by atoms with van der Waals surface area (Å²) in [5.41, 5.74) is 0.0321. The van der Waals surface area contributed by atoms with Crippen molar-refractivity contribution in [1.29, 1.82) is 0 Å². The van der Waals surface area contributed by atoms with Gasteiger partial charge in [0.25, 0.3) is 0 Å². The highest BCUT2D eigenvalue weighted by atomic mass is 19.4. The zero-order chi connectivity index (χ0) is 35.7. The molecule has 0 heterocycles. The highest BCUT2D eigenvalue weighted by Crippen LogP contribution is 2.33. The van der Waals surface area contributed by atoms with E-state index in [0.29, 0.717) is 11.3 Å². The third-order valence-electron chi connectivity index (χ3n) is 7.70. The fourth-order valence-corrected chi connectivity index (χ4v) is 5.35. The van der Waals surface area contributed by atoms with Crippen molar-refractivity contribution >= 4 is 34.8 Å². The number of nitrogens with zero attached hydrogens (tertiary/aromatic N) is 1. The molecule has 0 radical (unpaired) electrons. The first-order valence-electron chi connectivity index (χ1n) is 15.5. The standard InChI is InChI=1S/C39H32F3N3O5/c1-50-28-21-19-27(20-22-28)37(48)30-14-6-9-17-33(30)43-35(46)24-45(23-26-11-3-2-4-12-26)25-36(47)44-34-18-10-7-15-31(34)38(49)29-13-5-8-16-32(29)39(40,41)42/h2-22H,23-25H2,1H3,(H,43,46)(H,44,47). The van der Waals surface area contributed by atoms with Gasteiger partial charge in [-0.25, -0.2) is 0 Å². The number of rotatable bonds is 13. The van der Waals surface area contributed by atoms with Crippen LogP contribution in [0.15, 0.2) is 127 Å². The molecule has 11 heteroatoms. The molecule has 0 saturated carbocycles. The van der Waals surface area contributed by atoms with Crippen LogP contribution < -0.4 is 15.4 Å². The van der Waals surface area contributed by atoms with Crippen molar-refractivity contribution < 1.29 is 37.1 Å². The van der Waals surface area contributed by atoms with Crippen LogP contribution in [0.5, 0.6) is 5.75 Å². The average Bonchev–Trinajstić information content (AvgIpc) is 3.11. The van der Waals surface area contributed by atoms with Crippen molar-refractivity contribution in [2.45, 2.75) is 12.7 Å². The second kappa shape index (κ2) is 15.9. The predicted molar refractivity (Wildman–Crippen MR) is 183 cm³/mol. The Morgan fingerprint density at radius 3 is 1.62 bits per heavy atom. The molecule has 2 N–H and O–H groups in total. The Balaban J connectivity index is 1.33. The predicted octanol–water partition coefficient (Wildman–Crippen LogP) is 7.26. The molecule has 2 amide bonds. The van der Waals surface area contributed by atoms with E-state index < -0.39 is 34.9 Å². The SMILES string of the molecule is COc1ccc(C(=O)c2ccccc2NC(=O)CN(CC(=O)Nc2ccccc2C(=O)c2ccccc2C(F)(F)F)Cc2ccccc2)cc1. The van der Waals surface area contributed by atoms with E-state index in [2.05, 4.69) is 10.6 Å². The number of anilines is 2. The van der Waals surface area contributed by atoms with Crippen molar-refractivity contribution in [3.05, 3.63) is 161 Å². The van der Waals surface area contributed by atoms with Gasteiger partial charge in [0.1, 0.15) is 5.75 Å². The zero-order valence-electron chi connectivity index (χ0n) is 26.9. The first-order chi connectivity index (χ1) is 24.0. The number of para-hydroxylation sites is 2. The van der Waals surface area contributed by atoms with E-state index in [4.69, 9.17) is 4.74 Å². The lowest BCUT2D eigenvalue weighted by molar-refractivity contribution is -0.138. The van der Waals surface area contributed by atoms with Gasteiger partial charge in [-0.1, -0.05) is 72.8 Å². The van der Waals surface area contributed by atoms with Gasteiger partial charge in [-0.2, -0.15) is 13.2 Å². The number of hydrogen-bond donors (Lipinski definition) is 2. The number of carbonyl (C=O) groups excluding carboxylic acids is 4. The summed E-state index contributed by atoms with van der Waals surface area (Å²) in [6.45, 7) is -0.378. The number of carbonyl (C=O) groups is 4. The number of benzene rings is 5. The molecule has 50 heavy (non-hydrogen) atoms. The quantitative estimate of drug-likeness (QED) is 0.127. The molecule has 0 bridgehead atoms. The Labute approximate surface area is 286 Å². The zero-order valence-corrected chi connectivity index (χ0v) is 26.9. The number of halogens is 3. The first kappa shape index (κ1) is 35.2. The molecular formula is C39H32F3N3O5. The van der Waals surface area contributed by atoms with Gasteiger partial charge in [0, 0.05) is 28.8 Å². The van der Waals surface area contributed by atoms with Gasteiger partial charge in [-0.05, 0) is 60.2 Å². The number of nitrogens with one attached hydrogen (secondary N) is 2. The summed E-state index contributed by atoms with van der Waals surface area (Å²) in [5, 5.41) is 5.43. The summed E-state index contributed by atoms with van der Waals surface area (Å²) in [7, 11) is 1.52. The van der Waals surface area contributed by atoms with Crippen LogP contribution >= 0.6 is 0 Å². The van der Waals surface area contributed by atoms with Crippen molar-refractivity contribution in [3.63, 3.8) is 0 Å². The van der Waals surface area contributed by atoms with E-state index >= 15 is 0 Å². The van der Waals surface area contributed by atoms with Crippen LogP contribution in [0.1, 0.15) is 43.0 Å². The number of alkyl halides is 3. The Hall–Kier alpha value is -6.07. The largest absolute Gasteiger partial charge is 0.497 e. The molecule has 0 aliphatic carbocycles. The highest BCUT2D eigenvalue weighted by Gasteiger charge is 2.35. The lowest BCUT2D eigenvalue weighted by atomic mass is 9.97. The normalized spacial score (nSPS) is 11.1. The smallest absolute Gasteiger partial charge is 0.417 e. The summed E-state index contributed by atoms with van der Waals surface area (Å²) >= 11 is 0. The van der Waals surface area contributed by atoms with E-state index in [1.807, 2.05) is 30.3 Å². The van der Waals surface area contributed by atoms with Gasteiger partial charge in [0.2, 0.25) is 11.8 Å². The average molecular weight is 680 g/mol. The lowest BCUT2D eigenvalue weighted by Crippen LogP contribution is -2.38. The van der Waals surface area contributed by atoms with Crippen LogP contribution in [0.3, 0.4) is 0 Å². The Kier molecular flexibility index (Phi) is 11.2. The van der Waals surface area contributed by atoms with Crippen LogP contribution in [0, 0.1) is 0 Å². The topological polar surface area (TPSA) is 105 Å². The Morgan fingerprint density at radius 2 is 1.08 bits per heavy atom. The minimum Gasteiger partial charge on any atom is -0.497 e. The van der Waals surface area contributed by atoms with Crippen molar-refractivity contribution in [3.8, 4) is 5.75 Å². The molecule has 5 aromatic carbocycles. The fraction of sp³-hybridized carbons (Fsp3) is 0.128. The van der Waals surface area contributed by atoms with E-state index in [9.17, 15) is 32.3 Å². The van der Waals surface area contributed by atoms with Gasteiger partial charge < -0.3 is 15.4 Å². The third kappa shape index (κ3) is 8.88. The lowest BCUT2D eigenvalue weighted by Gasteiger charge is -2.22. The second-order valence-corrected chi connectivity index (χ2v) is 11.2. The van der Waals surface area contributed by atoms with Crippen LogP contribution in [-0.4, -0.2) is 48.5 Å². The van der Waals surface area contributed by atoms with Crippen molar-refractivity contribution in [1.82, 2.24) is 4.90 Å². The van der Waals surface area contributed by atoms with Gasteiger partial charge in [0.15, 0.2) is 11.6 Å². The Morgan fingerprint density at radius 1 is 0.600 bits per heavy atom. The molecule has 0 spiro atoms. The van der Waals surface area contributed by atoms with Gasteiger partial charge in [-0.3, -0.25) is 24.1 Å². The van der Waals surface area contributed by atoms with Crippen molar-refractivity contribution in [2.24, 2.45) is 0 Å². The third-order valence-corrected chi connectivity index (χ3v) is 7.70. The number of methoxy groups -OCH3 is 1. The maximum Gasteiger partial charge on any atom is 0.417 e. The number of amides is 2. The van der Waals surface area contributed by atoms with Gasteiger partial charge in [-0.15, -0.1) is 0 Å². The number of ketones is 2. The van der Waals surface area contributed by atoms with Crippen LogP contribution in [0.25, 0.3) is 0 Å². The van der Waals surface area contributed by atoms with E-state index in [0.717, 1.165) is 17.7 Å². The van der Waals surface area contributed by atoms with Crippen LogP contribution in [0.2, 0.25) is 0 Å². The molecule has 0 aliphatic rings. The summed E-state index contributed by atoms with van der Waals surface area (Å²) in [6.07, 6.45) is -4.76. The monoisotopic (exact) mass is 679 g/mol. The summed E-state index contributed by atoms with van der Waals surface area (Å²) < 4.78 is 46.2. The molecule has 0 atom stereocenters. The van der Waals surface area contributed by atoms with E-state index in [-0.39, 0.29) is 47.9 Å². The van der Waals surface area contributed by atoms with E-state index in [1.54, 1.807) is 59.5 Å². The minimum absolute atomic E-state index is 0.0227. The second-order valence-electron chi connectivity index (χ2n) is 11.2. The molecule has 8 nitrogen and oxygen atoms in total. The van der Waals surface area contributed by atoms with Gasteiger partial charge in [0.05, 0.1) is 37.1 Å².